The highest BCUT2D eigenvalue weighted by Crippen LogP contribution is 2.36. The number of nitrogens with zero attached hydrogens (tertiary/aromatic N) is 4. The zero-order chi connectivity index (χ0) is 23.0. The molecule has 0 aliphatic carbocycles. The standard InChI is InChI=1S/C24H22N6O3/c1-2-33-21-16-10-9-15-20(21)27-23-22(30(31)32)24(26-17-25-23)28-29(18-11-5-3-6-12-18)19-13-7-4-8-14-19/h3-17H,2H2,1H3,(H2,25,26,27,28). The van der Waals surface area contributed by atoms with Gasteiger partial charge in [-0.3, -0.25) is 20.5 Å². The van der Waals surface area contributed by atoms with Crippen LogP contribution in [0.15, 0.2) is 91.3 Å². The Balaban J connectivity index is 1.74. The predicted octanol–water partition coefficient (Wildman–Crippen LogP) is 5.69. The highest BCUT2D eigenvalue weighted by molar-refractivity contribution is 5.78. The molecule has 9 nitrogen and oxygen atoms in total. The van der Waals surface area contributed by atoms with Gasteiger partial charge in [0.15, 0.2) is 0 Å². The molecular weight excluding hydrogens is 420 g/mol. The van der Waals surface area contributed by atoms with Crippen LogP contribution >= 0.6 is 0 Å². The number of hydrogen-bond acceptors (Lipinski definition) is 8. The highest BCUT2D eigenvalue weighted by atomic mass is 16.6. The van der Waals surface area contributed by atoms with Crippen LogP contribution in [0.25, 0.3) is 0 Å². The van der Waals surface area contributed by atoms with Gasteiger partial charge in [-0.1, -0.05) is 48.5 Å². The molecule has 2 N–H and O–H groups in total. The summed E-state index contributed by atoms with van der Waals surface area (Å²) in [6.07, 6.45) is 1.27. The van der Waals surface area contributed by atoms with E-state index in [2.05, 4.69) is 20.7 Å². The molecule has 0 aliphatic heterocycles. The molecule has 0 aliphatic rings. The van der Waals surface area contributed by atoms with Gasteiger partial charge in [-0.2, -0.15) is 0 Å². The number of anilines is 5. The molecule has 0 atom stereocenters. The Morgan fingerprint density at radius 2 is 1.45 bits per heavy atom. The van der Waals surface area contributed by atoms with Gasteiger partial charge in [0.05, 0.1) is 28.6 Å². The van der Waals surface area contributed by atoms with Crippen molar-refractivity contribution in [3.05, 3.63) is 101 Å². The van der Waals surface area contributed by atoms with Crippen molar-refractivity contribution in [3.8, 4) is 5.75 Å². The largest absolute Gasteiger partial charge is 0.492 e. The van der Waals surface area contributed by atoms with Crippen LogP contribution in [0.3, 0.4) is 0 Å². The number of nitrogens with one attached hydrogen (secondary N) is 2. The lowest BCUT2D eigenvalue weighted by Gasteiger charge is -2.26. The molecule has 0 unspecified atom stereocenters. The number of nitro groups is 1. The van der Waals surface area contributed by atoms with Gasteiger partial charge in [-0.25, -0.2) is 9.97 Å². The summed E-state index contributed by atoms with van der Waals surface area (Å²) in [5.74, 6) is 0.655. The first kappa shape index (κ1) is 21.6. The first-order valence-corrected chi connectivity index (χ1v) is 10.3. The second-order valence-corrected chi connectivity index (χ2v) is 6.85. The Morgan fingerprint density at radius 1 is 0.879 bits per heavy atom. The van der Waals surface area contributed by atoms with Gasteiger partial charge in [0.2, 0.25) is 11.6 Å². The first-order chi connectivity index (χ1) is 16.2. The molecule has 0 saturated carbocycles. The number of hydrazine groups is 1. The van der Waals surface area contributed by atoms with E-state index >= 15 is 0 Å². The van der Waals surface area contributed by atoms with E-state index in [0.29, 0.717) is 18.0 Å². The molecule has 0 radical (unpaired) electrons. The molecule has 33 heavy (non-hydrogen) atoms. The Morgan fingerprint density at radius 3 is 2.06 bits per heavy atom. The topological polar surface area (TPSA) is 105 Å². The predicted molar refractivity (Wildman–Crippen MR) is 128 cm³/mol. The van der Waals surface area contributed by atoms with E-state index in [0.717, 1.165) is 11.4 Å². The molecule has 0 amide bonds. The Bertz CT molecular complexity index is 1180. The quantitative estimate of drug-likeness (QED) is 0.251. The van der Waals surface area contributed by atoms with Crippen LogP contribution in [0.1, 0.15) is 6.92 Å². The molecule has 0 bridgehead atoms. The average molecular weight is 442 g/mol. The number of rotatable bonds is 9. The molecule has 166 valence electrons. The summed E-state index contributed by atoms with van der Waals surface area (Å²) in [6, 6.07) is 26.1. The second-order valence-electron chi connectivity index (χ2n) is 6.85. The highest BCUT2D eigenvalue weighted by Gasteiger charge is 2.26. The second kappa shape index (κ2) is 10.1. The van der Waals surface area contributed by atoms with E-state index < -0.39 is 4.92 Å². The van der Waals surface area contributed by atoms with Crippen LogP contribution in [0, 0.1) is 10.1 Å². The van der Waals surface area contributed by atoms with Gasteiger partial charge >= 0.3 is 5.69 Å². The van der Waals surface area contributed by atoms with Crippen molar-refractivity contribution in [1.82, 2.24) is 9.97 Å². The summed E-state index contributed by atoms with van der Waals surface area (Å²) in [7, 11) is 0. The molecule has 0 spiro atoms. The van der Waals surface area contributed by atoms with Crippen molar-refractivity contribution in [2.45, 2.75) is 6.92 Å². The smallest absolute Gasteiger partial charge is 0.355 e. The maximum atomic E-state index is 12.1. The summed E-state index contributed by atoms with van der Waals surface area (Å²) in [5, 5.41) is 16.8. The molecule has 0 fully saturated rings. The fourth-order valence-electron chi connectivity index (χ4n) is 3.24. The minimum absolute atomic E-state index is 0.0408. The summed E-state index contributed by atoms with van der Waals surface area (Å²) >= 11 is 0. The maximum absolute atomic E-state index is 12.1. The van der Waals surface area contributed by atoms with Crippen LogP contribution in [0.4, 0.5) is 34.4 Å². The van der Waals surface area contributed by atoms with Gasteiger partial charge in [0, 0.05) is 0 Å². The number of hydrogen-bond donors (Lipinski definition) is 2. The third-order valence-electron chi connectivity index (χ3n) is 4.69. The average Bonchev–Trinajstić information content (AvgIpc) is 2.85. The van der Waals surface area contributed by atoms with Crippen molar-refractivity contribution in [2.24, 2.45) is 0 Å². The molecule has 9 heteroatoms. The van der Waals surface area contributed by atoms with Crippen molar-refractivity contribution in [2.75, 3.05) is 22.4 Å². The van der Waals surface area contributed by atoms with E-state index in [-0.39, 0.29) is 17.3 Å². The Labute approximate surface area is 190 Å². The lowest BCUT2D eigenvalue weighted by molar-refractivity contribution is -0.383. The molecule has 1 heterocycles. The van der Waals surface area contributed by atoms with Crippen LogP contribution in [-0.4, -0.2) is 21.5 Å². The Kier molecular flexibility index (Phi) is 6.60. The molecular formula is C24H22N6O3. The van der Waals surface area contributed by atoms with E-state index in [1.165, 1.54) is 6.33 Å². The summed E-state index contributed by atoms with van der Waals surface area (Å²) in [4.78, 5) is 19.9. The molecule has 0 saturated heterocycles. The number of ether oxygens (including phenoxy) is 1. The lowest BCUT2D eigenvalue weighted by Crippen LogP contribution is -2.26. The fourth-order valence-corrected chi connectivity index (χ4v) is 3.24. The molecule has 4 rings (SSSR count). The maximum Gasteiger partial charge on any atom is 0.355 e. The summed E-state index contributed by atoms with van der Waals surface area (Å²) in [6.45, 7) is 2.33. The van der Waals surface area contributed by atoms with E-state index in [1.54, 1.807) is 17.1 Å². The van der Waals surface area contributed by atoms with Crippen LogP contribution < -0.4 is 20.5 Å². The van der Waals surface area contributed by atoms with Crippen LogP contribution in [0.5, 0.6) is 5.75 Å². The fraction of sp³-hybridized carbons (Fsp3) is 0.0833. The normalized spacial score (nSPS) is 10.3. The lowest BCUT2D eigenvalue weighted by atomic mass is 10.2. The molecule has 3 aromatic carbocycles. The third-order valence-corrected chi connectivity index (χ3v) is 4.69. The van der Waals surface area contributed by atoms with E-state index in [1.807, 2.05) is 79.7 Å². The monoisotopic (exact) mass is 442 g/mol. The van der Waals surface area contributed by atoms with Gasteiger partial charge < -0.3 is 10.1 Å². The summed E-state index contributed by atoms with van der Waals surface area (Å²) < 4.78 is 5.62. The van der Waals surface area contributed by atoms with Gasteiger partial charge in [0.1, 0.15) is 12.1 Å². The van der Waals surface area contributed by atoms with Crippen molar-refractivity contribution < 1.29 is 9.66 Å². The number of para-hydroxylation sites is 4. The third kappa shape index (κ3) is 4.99. The molecule has 1 aromatic heterocycles. The summed E-state index contributed by atoms with van der Waals surface area (Å²) in [5.41, 5.74) is 4.94. The van der Waals surface area contributed by atoms with Gasteiger partial charge in [-0.15, -0.1) is 0 Å². The first-order valence-electron chi connectivity index (χ1n) is 10.3. The van der Waals surface area contributed by atoms with Gasteiger partial charge in [-0.05, 0) is 43.3 Å². The van der Waals surface area contributed by atoms with Gasteiger partial charge in [0.25, 0.3) is 0 Å². The minimum atomic E-state index is -0.512. The number of aromatic nitrogens is 2. The minimum Gasteiger partial charge on any atom is -0.492 e. The van der Waals surface area contributed by atoms with E-state index in [4.69, 9.17) is 4.74 Å². The zero-order valence-electron chi connectivity index (χ0n) is 17.9. The van der Waals surface area contributed by atoms with Crippen molar-refractivity contribution >= 4 is 34.4 Å². The zero-order valence-corrected chi connectivity index (χ0v) is 17.9. The van der Waals surface area contributed by atoms with Crippen molar-refractivity contribution in [3.63, 3.8) is 0 Å². The Hall–Kier alpha value is -4.66. The van der Waals surface area contributed by atoms with Crippen LogP contribution in [0.2, 0.25) is 0 Å². The number of benzene rings is 3. The molecule has 4 aromatic rings. The van der Waals surface area contributed by atoms with E-state index in [9.17, 15) is 10.1 Å². The SMILES string of the molecule is CCOc1ccccc1Nc1ncnc(NN(c2ccccc2)c2ccccc2)c1[N+](=O)[O-]. The van der Waals surface area contributed by atoms with Crippen LogP contribution in [-0.2, 0) is 0 Å². The van der Waals surface area contributed by atoms with Crippen molar-refractivity contribution in [1.29, 1.82) is 0 Å².